The van der Waals surface area contributed by atoms with E-state index in [0.717, 1.165) is 10.7 Å². The van der Waals surface area contributed by atoms with Gasteiger partial charge in [0.1, 0.15) is 5.82 Å². The summed E-state index contributed by atoms with van der Waals surface area (Å²) in [4.78, 5) is 38.2. The van der Waals surface area contributed by atoms with Crippen LogP contribution in [-0.4, -0.2) is 59.4 Å². The third kappa shape index (κ3) is 3.88. The standard InChI is InChI=1S/C16H19N5O2S/c1-12-2-3-13(24-12)16(23)19-11-15(22)21-8-6-20(7-9-21)14-10-17-4-5-18-14/h2-5,10H,6-9,11H2,1H3,(H,19,23). The van der Waals surface area contributed by atoms with Gasteiger partial charge in [-0.2, -0.15) is 0 Å². The Morgan fingerprint density at radius 1 is 1.21 bits per heavy atom. The average Bonchev–Trinajstić information content (AvgIpc) is 3.07. The largest absolute Gasteiger partial charge is 0.352 e. The van der Waals surface area contributed by atoms with Crippen molar-refractivity contribution in [3.63, 3.8) is 0 Å². The van der Waals surface area contributed by atoms with Gasteiger partial charge in [0.15, 0.2) is 0 Å². The summed E-state index contributed by atoms with van der Waals surface area (Å²) in [6.45, 7) is 4.63. The molecule has 126 valence electrons. The summed E-state index contributed by atoms with van der Waals surface area (Å²) in [5.41, 5.74) is 0. The maximum atomic E-state index is 12.3. The lowest BCUT2D eigenvalue weighted by Gasteiger charge is -2.35. The number of carbonyl (C=O) groups excluding carboxylic acids is 2. The van der Waals surface area contributed by atoms with Gasteiger partial charge < -0.3 is 15.1 Å². The van der Waals surface area contributed by atoms with Gasteiger partial charge in [-0.25, -0.2) is 4.98 Å². The van der Waals surface area contributed by atoms with Gasteiger partial charge in [-0.3, -0.25) is 14.6 Å². The summed E-state index contributed by atoms with van der Waals surface area (Å²) in [7, 11) is 0. The second-order valence-corrected chi connectivity index (χ2v) is 6.81. The van der Waals surface area contributed by atoms with E-state index < -0.39 is 0 Å². The van der Waals surface area contributed by atoms with Gasteiger partial charge in [0.25, 0.3) is 5.91 Å². The number of thiophene rings is 1. The van der Waals surface area contributed by atoms with Gasteiger partial charge in [-0.1, -0.05) is 0 Å². The normalized spacial score (nSPS) is 14.5. The highest BCUT2D eigenvalue weighted by molar-refractivity contribution is 7.13. The van der Waals surface area contributed by atoms with Crippen LogP contribution in [0.2, 0.25) is 0 Å². The number of rotatable bonds is 4. The van der Waals surface area contributed by atoms with Crippen LogP contribution in [-0.2, 0) is 4.79 Å². The summed E-state index contributed by atoms with van der Waals surface area (Å²) in [6.07, 6.45) is 5.02. The number of piperazine rings is 1. The first-order valence-corrected chi connectivity index (χ1v) is 8.58. The fourth-order valence-electron chi connectivity index (χ4n) is 2.55. The summed E-state index contributed by atoms with van der Waals surface area (Å²) in [6, 6.07) is 3.67. The number of nitrogens with zero attached hydrogens (tertiary/aromatic N) is 4. The van der Waals surface area contributed by atoms with Crippen molar-refractivity contribution in [2.75, 3.05) is 37.6 Å². The van der Waals surface area contributed by atoms with E-state index in [1.165, 1.54) is 11.3 Å². The number of amides is 2. The minimum absolute atomic E-state index is 0.0287. The first-order valence-electron chi connectivity index (χ1n) is 7.77. The predicted octanol–water partition coefficient (Wildman–Crippen LogP) is 0.925. The van der Waals surface area contributed by atoms with Crippen LogP contribution in [0.15, 0.2) is 30.7 Å². The second-order valence-electron chi connectivity index (χ2n) is 5.52. The molecule has 0 radical (unpaired) electrons. The fourth-order valence-corrected chi connectivity index (χ4v) is 3.33. The van der Waals surface area contributed by atoms with Gasteiger partial charge >= 0.3 is 0 Å². The van der Waals surface area contributed by atoms with Crippen molar-refractivity contribution in [3.05, 3.63) is 40.5 Å². The first-order chi connectivity index (χ1) is 11.6. The van der Waals surface area contributed by atoms with Crippen molar-refractivity contribution < 1.29 is 9.59 Å². The molecule has 0 unspecified atom stereocenters. The molecule has 8 heteroatoms. The summed E-state index contributed by atoms with van der Waals surface area (Å²) in [5, 5.41) is 2.70. The number of aryl methyl sites for hydroxylation is 1. The van der Waals surface area contributed by atoms with E-state index in [1.807, 2.05) is 13.0 Å². The molecule has 1 fully saturated rings. The van der Waals surface area contributed by atoms with E-state index in [4.69, 9.17) is 0 Å². The lowest BCUT2D eigenvalue weighted by molar-refractivity contribution is -0.130. The quantitative estimate of drug-likeness (QED) is 0.892. The highest BCUT2D eigenvalue weighted by Gasteiger charge is 2.22. The molecule has 2 aromatic heterocycles. The van der Waals surface area contributed by atoms with Crippen LogP contribution in [0.5, 0.6) is 0 Å². The Bertz CT molecular complexity index is 710. The van der Waals surface area contributed by atoms with Crippen molar-refractivity contribution in [3.8, 4) is 0 Å². The number of aromatic nitrogens is 2. The number of hydrogen-bond donors (Lipinski definition) is 1. The number of nitrogens with one attached hydrogen (secondary N) is 1. The van der Waals surface area contributed by atoms with Crippen LogP contribution in [0.1, 0.15) is 14.5 Å². The Morgan fingerprint density at radius 3 is 2.62 bits per heavy atom. The molecule has 0 atom stereocenters. The van der Waals surface area contributed by atoms with Crippen LogP contribution in [0.25, 0.3) is 0 Å². The molecule has 3 rings (SSSR count). The zero-order chi connectivity index (χ0) is 16.9. The molecule has 1 N–H and O–H groups in total. The Hall–Kier alpha value is -2.48. The summed E-state index contributed by atoms with van der Waals surface area (Å²) >= 11 is 1.42. The molecule has 1 aliphatic heterocycles. The van der Waals surface area contributed by atoms with Gasteiger partial charge in [0.2, 0.25) is 5.91 Å². The minimum atomic E-state index is -0.195. The predicted molar refractivity (Wildman–Crippen MR) is 92.2 cm³/mol. The summed E-state index contributed by atoms with van der Waals surface area (Å²) in [5.74, 6) is 0.570. The molecule has 2 aromatic rings. The lowest BCUT2D eigenvalue weighted by Crippen LogP contribution is -2.51. The first kappa shape index (κ1) is 16.4. The zero-order valence-corrected chi connectivity index (χ0v) is 14.3. The summed E-state index contributed by atoms with van der Waals surface area (Å²) < 4.78 is 0. The van der Waals surface area contributed by atoms with Gasteiger partial charge in [-0.05, 0) is 19.1 Å². The third-order valence-electron chi connectivity index (χ3n) is 3.87. The Kier molecular flexibility index (Phi) is 5.05. The molecule has 7 nitrogen and oxygen atoms in total. The third-order valence-corrected chi connectivity index (χ3v) is 4.87. The molecule has 0 aliphatic carbocycles. The average molecular weight is 345 g/mol. The van der Waals surface area contributed by atoms with Crippen molar-refractivity contribution in [1.82, 2.24) is 20.2 Å². The van der Waals surface area contributed by atoms with Crippen molar-refractivity contribution in [2.24, 2.45) is 0 Å². The van der Waals surface area contributed by atoms with Crippen LogP contribution >= 0.6 is 11.3 Å². The monoisotopic (exact) mass is 345 g/mol. The zero-order valence-electron chi connectivity index (χ0n) is 13.4. The molecule has 24 heavy (non-hydrogen) atoms. The molecule has 0 bridgehead atoms. The molecular weight excluding hydrogens is 326 g/mol. The van der Waals surface area contributed by atoms with Crippen molar-refractivity contribution in [2.45, 2.75) is 6.92 Å². The van der Waals surface area contributed by atoms with E-state index in [1.54, 1.807) is 29.6 Å². The molecule has 0 aromatic carbocycles. The highest BCUT2D eigenvalue weighted by Crippen LogP contribution is 2.14. The van der Waals surface area contributed by atoms with E-state index in [-0.39, 0.29) is 18.4 Å². The molecule has 1 saturated heterocycles. The molecule has 1 aliphatic rings. The topological polar surface area (TPSA) is 78.4 Å². The van der Waals surface area contributed by atoms with Gasteiger partial charge in [-0.15, -0.1) is 11.3 Å². The minimum Gasteiger partial charge on any atom is -0.352 e. The molecule has 3 heterocycles. The van der Waals surface area contributed by atoms with E-state index >= 15 is 0 Å². The Balaban J connectivity index is 1.46. The van der Waals surface area contributed by atoms with Gasteiger partial charge in [0, 0.05) is 43.4 Å². The number of carbonyl (C=O) groups is 2. The fraction of sp³-hybridized carbons (Fsp3) is 0.375. The van der Waals surface area contributed by atoms with Crippen LogP contribution in [0, 0.1) is 6.92 Å². The molecule has 0 saturated carbocycles. The molecular formula is C16H19N5O2S. The number of anilines is 1. The maximum absolute atomic E-state index is 12.3. The van der Waals surface area contributed by atoms with E-state index in [9.17, 15) is 9.59 Å². The van der Waals surface area contributed by atoms with Crippen LogP contribution < -0.4 is 10.2 Å². The van der Waals surface area contributed by atoms with E-state index in [2.05, 4.69) is 20.2 Å². The van der Waals surface area contributed by atoms with Gasteiger partial charge in [0.05, 0.1) is 17.6 Å². The van der Waals surface area contributed by atoms with Crippen LogP contribution in [0.4, 0.5) is 5.82 Å². The smallest absolute Gasteiger partial charge is 0.261 e. The number of hydrogen-bond acceptors (Lipinski definition) is 6. The molecule has 2 amide bonds. The lowest BCUT2D eigenvalue weighted by atomic mass is 10.3. The van der Waals surface area contributed by atoms with E-state index in [0.29, 0.717) is 31.1 Å². The van der Waals surface area contributed by atoms with Crippen molar-refractivity contribution in [1.29, 1.82) is 0 Å². The Labute approximate surface area is 144 Å². The molecule has 0 spiro atoms. The SMILES string of the molecule is Cc1ccc(C(=O)NCC(=O)N2CCN(c3cnccn3)CC2)s1. The highest BCUT2D eigenvalue weighted by atomic mass is 32.1. The Morgan fingerprint density at radius 2 is 2.00 bits per heavy atom. The second kappa shape index (κ2) is 7.39. The maximum Gasteiger partial charge on any atom is 0.261 e. The van der Waals surface area contributed by atoms with Crippen LogP contribution in [0.3, 0.4) is 0 Å². The van der Waals surface area contributed by atoms with Crippen molar-refractivity contribution >= 4 is 29.0 Å².